The summed E-state index contributed by atoms with van der Waals surface area (Å²) in [4.78, 5) is 11.6. The standard InChI is InChI=1S/C19H13F9N2O3/c20-9-1-2-10(11(7-9)17(21,22)23)12-8-13(30-33-12)16(32-14(31)18(24,25)26)15(19(16,27)28)3-5-29-6-4-15/h1-2,7-8,29H,3-6H2. The van der Waals surface area contributed by atoms with E-state index in [4.69, 9.17) is 4.52 Å². The van der Waals surface area contributed by atoms with E-state index in [0.717, 1.165) is 0 Å². The van der Waals surface area contributed by atoms with Crippen LogP contribution in [-0.2, 0) is 21.3 Å². The molecule has 1 aliphatic carbocycles. The molecule has 1 saturated carbocycles. The van der Waals surface area contributed by atoms with Gasteiger partial charge in [-0.2, -0.15) is 26.3 Å². The first-order valence-corrected chi connectivity index (χ1v) is 9.40. The minimum atomic E-state index is -5.62. The Balaban J connectivity index is 1.84. The predicted molar refractivity (Wildman–Crippen MR) is 90.2 cm³/mol. The van der Waals surface area contributed by atoms with Crippen molar-refractivity contribution in [3.63, 3.8) is 0 Å². The van der Waals surface area contributed by atoms with Gasteiger partial charge < -0.3 is 14.6 Å². The number of nitrogens with zero attached hydrogens (tertiary/aromatic N) is 1. The fourth-order valence-corrected chi connectivity index (χ4v) is 4.44. The summed E-state index contributed by atoms with van der Waals surface area (Å²) in [5, 5.41) is 6.02. The summed E-state index contributed by atoms with van der Waals surface area (Å²) in [7, 11) is 0. The molecule has 2 aromatic rings. The molecule has 33 heavy (non-hydrogen) atoms. The van der Waals surface area contributed by atoms with Crippen LogP contribution in [0.4, 0.5) is 39.5 Å². The zero-order valence-electron chi connectivity index (χ0n) is 16.2. The van der Waals surface area contributed by atoms with E-state index in [-0.39, 0.29) is 19.2 Å². The number of benzene rings is 1. The van der Waals surface area contributed by atoms with Gasteiger partial charge in [0.25, 0.3) is 0 Å². The van der Waals surface area contributed by atoms with Crippen molar-refractivity contribution >= 4 is 5.97 Å². The molecule has 1 aromatic carbocycles. The molecule has 1 atom stereocenters. The molecule has 180 valence electrons. The molecular weight excluding hydrogens is 475 g/mol. The first kappa shape index (κ1) is 23.4. The molecule has 1 saturated heterocycles. The Hall–Kier alpha value is -2.77. The van der Waals surface area contributed by atoms with E-state index in [0.29, 0.717) is 18.2 Å². The molecule has 0 radical (unpaired) electrons. The van der Waals surface area contributed by atoms with Gasteiger partial charge in [0.1, 0.15) is 11.5 Å². The normalized spacial score (nSPS) is 24.0. The van der Waals surface area contributed by atoms with E-state index in [9.17, 15) is 35.5 Å². The van der Waals surface area contributed by atoms with E-state index < -0.39 is 76.5 Å². The third-order valence-corrected chi connectivity index (χ3v) is 6.01. The smallest absolute Gasteiger partial charge is 0.438 e. The van der Waals surface area contributed by atoms with Crippen LogP contribution in [0.15, 0.2) is 28.8 Å². The Labute approximate surface area is 178 Å². The minimum Gasteiger partial charge on any atom is -0.438 e. The predicted octanol–water partition coefficient (Wildman–Crippen LogP) is 4.82. The Morgan fingerprint density at radius 1 is 1.06 bits per heavy atom. The molecule has 0 bridgehead atoms. The van der Waals surface area contributed by atoms with Crippen LogP contribution in [0, 0.1) is 11.2 Å². The van der Waals surface area contributed by atoms with Crippen molar-refractivity contribution in [1.29, 1.82) is 0 Å². The molecule has 0 amide bonds. The molecule has 1 spiro atoms. The lowest BCUT2D eigenvalue weighted by Gasteiger charge is -2.25. The summed E-state index contributed by atoms with van der Waals surface area (Å²) < 4.78 is 131. The van der Waals surface area contributed by atoms with Crippen molar-refractivity contribution < 1.29 is 53.6 Å². The van der Waals surface area contributed by atoms with Crippen LogP contribution in [0.1, 0.15) is 24.1 Å². The lowest BCUT2D eigenvalue weighted by molar-refractivity contribution is -0.214. The number of hydrogen-bond acceptors (Lipinski definition) is 5. The van der Waals surface area contributed by atoms with Crippen molar-refractivity contribution in [3.05, 3.63) is 41.3 Å². The van der Waals surface area contributed by atoms with Gasteiger partial charge in [-0.1, -0.05) is 5.16 Å². The monoisotopic (exact) mass is 488 g/mol. The average Bonchev–Trinajstić information content (AvgIpc) is 3.06. The molecule has 1 aliphatic heterocycles. The number of esters is 1. The van der Waals surface area contributed by atoms with Gasteiger partial charge in [0.05, 0.1) is 11.0 Å². The second kappa shape index (κ2) is 7.11. The summed E-state index contributed by atoms with van der Waals surface area (Å²) in [6, 6.07) is 1.99. The van der Waals surface area contributed by atoms with Gasteiger partial charge in [0.2, 0.25) is 5.60 Å². The largest absolute Gasteiger partial charge is 0.490 e. The fraction of sp³-hybridized carbons (Fsp3) is 0.474. The van der Waals surface area contributed by atoms with Crippen molar-refractivity contribution in [1.82, 2.24) is 10.5 Å². The van der Waals surface area contributed by atoms with Gasteiger partial charge in [-0.25, -0.2) is 18.0 Å². The maximum Gasteiger partial charge on any atom is 0.490 e. The number of nitrogens with one attached hydrogen (secondary N) is 1. The molecule has 1 N–H and O–H groups in total. The third kappa shape index (κ3) is 3.28. The van der Waals surface area contributed by atoms with Gasteiger partial charge in [-0.05, 0) is 44.1 Å². The number of carbonyl (C=O) groups is 1. The summed E-state index contributed by atoms with van der Waals surface area (Å²) in [5.41, 5.74) is -8.75. The van der Waals surface area contributed by atoms with E-state index in [2.05, 4.69) is 15.2 Å². The zero-order chi connectivity index (χ0) is 24.4. The second-order valence-electron chi connectivity index (χ2n) is 7.74. The van der Waals surface area contributed by atoms with Crippen LogP contribution in [0.3, 0.4) is 0 Å². The van der Waals surface area contributed by atoms with Crippen LogP contribution >= 0.6 is 0 Å². The van der Waals surface area contributed by atoms with Crippen molar-refractivity contribution in [3.8, 4) is 11.3 Å². The minimum absolute atomic E-state index is 0.0399. The zero-order valence-corrected chi connectivity index (χ0v) is 16.2. The maximum absolute atomic E-state index is 15.2. The second-order valence-corrected chi connectivity index (χ2v) is 7.74. The van der Waals surface area contributed by atoms with E-state index in [1.807, 2.05) is 0 Å². The summed E-state index contributed by atoms with van der Waals surface area (Å²) in [6.07, 6.45) is -11.5. The number of ether oxygens (including phenoxy) is 1. The van der Waals surface area contributed by atoms with Gasteiger partial charge in [-0.3, -0.25) is 0 Å². The van der Waals surface area contributed by atoms with E-state index in [1.54, 1.807) is 0 Å². The highest BCUT2D eigenvalue weighted by Gasteiger charge is 2.96. The van der Waals surface area contributed by atoms with Gasteiger partial charge in [0, 0.05) is 11.6 Å². The number of rotatable bonds is 3. The van der Waals surface area contributed by atoms with Crippen LogP contribution in [0.2, 0.25) is 0 Å². The van der Waals surface area contributed by atoms with Gasteiger partial charge >= 0.3 is 24.2 Å². The molecular formula is C19H13F9N2O3. The maximum atomic E-state index is 15.2. The Bertz CT molecular complexity index is 1090. The van der Waals surface area contributed by atoms with Crippen LogP contribution in [0.5, 0.6) is 0 Å². The number of hydrogen-bond donors (Lipinski definition) is 1. The number of piperidine rings is 1. The average molecular weight is 488 g/mol. The Kier molecular flexibility index (Phi) is 5.04. The van der Waals surface area contributed by atoms with E-state index in [1.165, 1.54) is 0 Å². The molecule has 4 rings (SSSR count). The molecule has 2 fully saturated rings. The summed E-state index contributed by atoms with van der Waals surface area (Å²) >= 11 is 0. The molecule has 2 heterocycles. The Morgan fingerprint density at radius 3 is 2.27 bits per heavy atom. The van der Waals surface area contributed by atoms with Gasteiger partial charge in [0.15, 0.2) is 5.76 Å². The quantitative estimate of drug-likeness (QED) is 0.496. The lowest BCUT2D eigenvalue weighted by Crippen LogP contribution is -2.38. The first-order valence-electron chi connectivity index (χ1n) is 9.40. The number of carbonyl (C=O) groups excluding carboxylic acids is 1. The number of aromatic nitrogens is 1. The SMILES string of the molecule is O=C(OC1(c2cc(-c3ccc(F)cc3C(F)(F)F)on2)C(F)(F)C12CCNCC2)C(F)(F)F. The summed E-state index contributed by atoms with van der Waals surface area (Å²) in [5.74, 6) is -8.94. The molecule has 1 aromatic heterocycles. The number of halogens is 9. The molecule has 1 unspecified atom stereocenters. The van der Waals surface area contributed by atoms with Gasteiger partial charge in [-0.15, -0.1) is 0 Å². The first-order chi connectivity index (χ1) is 15.2. The third-order valence-electron chi connectivity index (χ3n) is 6.01. The molecule has 2 aliphatic rings. The fourth-order valence-electron chi connectivity index (χ4n) is 4.44. The van der Waals surface area contributed by atoms with Crippen LogP contribution in [0.25, 0.3) is 11.3 Å². The van der Waals surface area contributed by atoms with Crippen LogP contribution in [-0.4, -0.2) is 36.3 Å². The van der Waals surface area contributed by atoms with Crippen molar-refractivity contribution in [2.45, 2.75) is 36.7 Å². The van der Waals surface area contributed by atoms with E-state index >= 15 is 8.78 Å². The van der Waals surface area contributed by atoms with Crippen molar-refractivity contribution in [2.24, 2.45) is 5.41 Å². The topological polar surface area (TPSA) is 64.4 Å². The van der Waals surface area contributed by atoms with Crippen molar-refractivity contribution in [2.75, 3.05) is 13.1 Å². The Morgan fingerprint density at radius 2 is 1.70 bits per heavy atom. The highest BCUT2D eigenvalue weighted by molar-refractivity contribution is 5.77. The number of alkyl halides is 8. The lowest BCUT2D eigenvalue weighted by atomic mass is 9.88. The highest BCUT2D eigenvalue weighted by Crippen LogP contribution is 2.79. The highest BCUT2D eigenvalue weighted by atomic mass is 19.4. The molecule has 14 heteroatoms. The summed E-state index contributed by atoms with van der Waals surface area (Å²) in [6.45, 7) is -0.0798. The molecule has 5 nitrogen and oxygen atoms in total. The van der Waals surface area contributed by atoms with Crippen LogP contribution < -0.4 is 5.32 Å².